The third kappa shape index (κ3) is 3.88. The summed E-state index contributed by atoms with van der Waals surface area (Å²) in [4.78, 5) is 27.7. The monoisotopic (exact) mass is 353 g/mol. The van der Waals surface area contributed by atoms with Crippen LogP contribution < -0.4 is 10.9 Å². The Morgan fingerprint density at radius 2 is 2.05 bits per heavy atom. The van der Waals surface area contributed by atoms with E-state index >= 15 is 0 Å². The van der Waals surface area contributed by atoms with Crippen LogP contribution in [0.2, 0.25) is 0 Å². The van der Waals surface area contributed by atoms with E-state index in [1.807, 2.05) is 18.4 Å². The molecule has 2 amide bonds. The van der Waals surface area contributed by atoms with Crippen molar-refractivity contribution in [2.45, 2.75) is 13.3 Å². The number of halogens is 1. The van der Waals surface area contributed by atoms with Crippen LogP contribution in [0, 0.1) is 6.92 Å². The number of carbonyl (C=O) groups is 2. The number of hydrogen-bond donors (Lipinski definition) is 2. The third-order valence-corrected chi connectivity index (χ3v) is 3.96. The zero-order chi connectivity index (χ0) is 14.5. The lowest BCUT2D eigenvalue weighted by Crippen LogP contribution is -2.42. The van der Waals surface area contributed by atoms with Crippen molar-refractivity contribution in [2.75, 3.05) is 0 Å². The van der Waals surface area contributed by atoms with Gasteiger partial charge in [-0.3, -0.25) is 20.4 Å². The van der Waals surface area contributed by atoms with Crippen LogP contribution in [0.4, 0.5) is 0 Å². The van der Waals surface area contributed by atoms with Gasteiger partial charge in [0.2, 0.25) is 5.91 Å². The summed E-state index contributed by atoms with van der Waals surface area (Å²) in [5.41, 5.74) is 5.90. The second kappa shape index (κ2) is 6.62. The van der Waals surface area contributed by atoms with E-state index in [2.05, 4.69) is 31.8 Å². The molecule has 1 aromatic heterocycles. The van der Waals surface area contributed by atoms with Crippen molar-refractivity contribution in [2.24, 2.45) is 0 Å². The molecule has 20 heavy (non-hydrogen) atoms. The van der Waals surface area contributed by atoms with Crippen molar-refractivity contribution in [1.82, 2.24) is 15.8 Å². The molecule has 5 nitrogen and oxygen atoms in total. The van der Waals surface area contributed by atoms with E-state index in [9.17, 15) is 9.59 Å². The molecule has 0 aliphatic rings. The van der Waals surface area contributed by atoms with Crippen molar-refractivity contribution in [3.05, 3.63) is 50.4 Å². The Kier molecular flexibility index (Phi) is 4.86. The molecule has 104 valence electrons. The number of hydrogen-bond acceptors (Lipinski definition) is 4. The minimum atomic E-state index is -0.375. The van der Waals surface area contributed by atoms with Crippen LogP contribution in [-0.2, 0) is 11.2 Å². The highest BCUT2D eigenvalue weighted by molar-refractivity contribution is 9.10. The number of nitrogens with zero attached hydrogens (tertiary/aromatic N) is 1. The van der Waals surface area contributed by atoms with Gasteiger partial charge in [0.15, 0.2) is 0 Å². The molecule has 2 rings (SSSR count). The van der Waals surface area contributed by atoms with E-state index in [1.54, 1.807) is 18.2 Å². The number of hydrazine groups is 1. The van der Waals surface area contributed by atoms with Gasteiger partial charge < -0.3 is 0 Å². The number of aromatic nitrogens is 1. The summed E-state index contributed by atoms with van der Waals surface area (Å²) in [5, 5.41) is 2.73. The minimum absolute atomic E-state index is 0.139. The van der Waals surface area contributed by atoms with Gasteiger partial charge in [-0.15, -0.1) is 11.3 Å². The fourth-order valence-corrected chi connectivity index (χ4v) is 2.61. The number of carbonyl (C=O) groups excluding carboxylic acids is 2. The molecule has 1 heterocycles. The van der Waals surface area contributed by atoms with Crippen LogP contribution in [0.3, 0.4) is 0 Å². The van der Waals surface area contributed by atoms with Crippen LogP contribution in [0.15, 0.2) is 34.1 Å². The standard InChI is InChI=1S/C13H12BrN3O2S/c1-8-15-9(7-20-8)6-12(18)16-17-13(19)10-4-2-3-5-11(10)14/h2-5,7H,6H2,1H3,(H,16,18)(H,17,19). The summed E-state index contributed by atoms with van der Waals surface area (Å²) >= 11 is 4.76. The van der Waals surface area contributed by atoms with Gasteiger partial charge in [-0.25, -0.2) is 4.98 Å². The van der Waals surface area contributed by atoms with Crippen LogP contribution in [0.5, 0.6) is 0 Å². The van der Waals surface area contributed by atoms with E-state index < -0.39 is 0 Å². The van der Waals surface area contributed by atoms with Crippen LogP contribution >= 0.6 is 27.3 Å². The fourth-order valence-electron chi connectivity index (χ4n) is 1.54. The molecule has 0 aliphatic heterocycles. The molecule has 0 aliphatic carbocycles. The van der Waals surface area contributed by atoms with E-state index in [0.29, 0.717) is 15.7 Å². The van der Waals surface area contributed by atoms with Gasteiger partial charge in [-0.05, 0) is 35.0 Å². The average Bonchev–Trinajstić information content (AvgIpc) is 2.82. The molecular formula is C13H12BrN3O2S. The lowest BCUT2D eigenvalue weighted by Gasteiger charge is -2.07. The highest BCUT2D eigenvalue weighted by Crippen LogP contribution is 2.15. The Hall–Kier alpha value is -1.73. The number of rotatable bonds is 3. The first-order chi connectivity index (χ1) is 9.56. The van der Waals surface area contributed by atoms with E-state index in [4.69, 9.17) is 0 Å². The Balaban J connectivity index is 1.87. The Morgan fingerprint density at radius 1 is 1.30 bits per heavy atom. The molecule has 2 N–H and O–H groups in total. The summed E-state index contributed by atoms with van der Waals surface area (Å²) in [5.74, 6) is -0.684. The van der Waals surface area contributed by atoms with E-state index in [-0.39, 0.29) is 18.2 Å². The van der Waals surface area contributed by atoms with E-state index in [1.165, 1.54) is 11.3 Å². The lowest BCUT2D eigenvalue weighted by molar-refractivity contribution is -0.121. The molecule has 0 atom stereocenters. The molecular weight excluding hydrogens is 342 g/mol. The van der Waals surface area contributed by atoms with Crippen molar-refractivity contribution < 1.29 is 9.59 Å². The summed E-state index contributed by atoms with van der Waals surface area (Å²) in [6, 6.07) is 6.98. The van der Waals surface area contributed by atoms with Gasteiger partial charge in [0.05, 0.1) is 22.7 Å². The number of amides is 2. The number of nitrogens with one attached hydrogen (secondary N) is 2. The van der Waals surface area contributed by atoms with Crippen molar-refractivity contribution in [1.29, 1.82) is 0 Å². The van der Waals surface area contributed by atoms with Gasteiger partial charge >= 0.3 is 0 Å². The summed E-state index contributed by atoms with van der Waals surface area (Å²) in [6.07, 6.45) is 0.139. The minimum Gasteiger partial charge on any atom is -0.273 e. The smallest absolute Gasteiger partial charge is 0.270 e. The maximum absolute atomic E-state index is 11.9. The number of benzene rings is 1. The fraction of sp³-hybridized carbons (Fsp3) is 0.154. The Morgan fingerprint density at radius 3 is 2.70 bits per heavy atom. The molecule has 1 aromatic carbocycles. The highest BCUT2D eigenvalue weighted by atomic mass is 79.9. The van der Waals surface area contributed by atoms with E-state index in [0.717, 1.165) is 5.01 Å². The van der Waals surface area contributed by atoms with Crippen molar-refractivity contribution in [3.63, 3.8) is 0 Å². The molecule has 0 spiro atoms. The quantitative estimate of drug-likeness (QED) is 0.831. The van der Waals surface area contributed by atoms with Gasteiger partial charge in [-0.1, -0.05) is 12.1 Å². The Bertz CT molecular complexity index is 642. The first kappa shape index (κ1) is 14.7. The van der Waals surface area contributed by atoms with Gasteiger partial charge in [0.1, 0.15) is 0 Å². The summed E-state index contributed by atoms with van der Waals surface area (Å²) < 4.78 is 0.668. The largest absolute Gasteiger partial charge is 0.273 e. The lowest BCUT2D eigenvalue weighted by atomic mass is 10.2. The zero-order valence-corrected chi connectivity index (χ0v) is 13.0. The maximum atomic E-state index is 11.9. The SMILES string of the molecule is Cc1nc(CC(=O)NNC(=O)c2ccccc2Br)cs1. The Labute approximate surface area is 128 Å². The molecule has 0 saturated carbocycles. The predicted octanol–water partition coefficient (Wildman–Crippen LogP) is 2.22. The predicted molar refractivity (Wildman–Crippen MR) is 80.3 cm³/mol. The van der Waals surface area contributed by atoms with Gasteiger partial charge in [0.25, 0.3) is 5.91 Å². The van der Waals surface area contributed by atoms with Crippen LogP contribution in [0.25, 0.3) is 0 Å². The first-order valence-corrected chi connectivity index (χ1v) is 7.48. The third-order valence-electron chi connectivity index (χ3n) is 2.44. The number of thiazole rings is 1. The highest BCUT2D eigenvalue weighted by Gasteiger charge is 2.11. The summed E-state index contributed by atoms with van der Waals surface area (Å²) in [6.45, 7) is 1.88. The maximum Gasteiger partial charge on any atom is 0.270 e. The van der Waals surface area contributed by atoms with Gasteiger partial charge in [-0.2, -0.15) is 0 Å². The second-order valence-electron chi connectivity index (χ2n) is 4.02. The first-order valence-electron chi connectivity index (χ1n) is 5.81. The van der Waals surface area contributed by atoms with Crippen LogP contribution in [0.1, 0.15) is 21.1 Å². The van der Waals surface area contributed by atoms with Crippen LogP contribution in [-0.4, -0.2) is 16.8 Å². The molecule has 0 fully saturated rings. The zero-order valence-electron chi connectivity index (χ0n) is 10.6. The summed E-state index contributed by atoms with van der Waals surface area (Å²) in [7, 11) is 0. The molecule has 0 radical (unpaired) electrons. The topological polar surface area (TPSA) is 71.1 Å². The molecule has 0 bridgehead atoms. The second-order valence-corrected chi connectivity index (χ2v) is 5.93. The molecule has 7 heteroatoms. The normalized spacial score (nSPS) is 10.1. The van der Waals surface area contributed by atoms with Crippen molar-refractivity contribution in [3.8, 4) is 0 Å². The molecule has 0 unspecified atom stereocenters. The molecule has 0 saturated heterocycles. The van der Waals surface area contributed by atoms with Crippen molar-refractivity contribution >= 4 is 39.1 Å². The average molecular weight is 354 g/mol. The number of aryl methyl sites for hydroxylation is 1. The molecule has 2 aromatic rings. The van der Waals surface area contributed by atoms with Gasteiger partial charge in [0, 0.05) is 9.85 Å².